The zero-order valence-electron chi connectivity index (χ0n) is 19.7. The number of halogens is 1. The minimum Gasteiger partial charge on any atom is -0.459 e. The Morgan fingerprint density at radius 3 is 2.32 bits per heavy atom. The molecule has 4 aromatic rings. The molecule has 190 valence electrons. The molecule has 1 fully saturated rings. The Balaban J connectivity index is 1.50. The van der Waals surface area contributed by atoms with Crippen molar-refractivity contribution in [3.05, 3.63) is 95.9 Å². The lowest BCUT2D eigenvalue weighted by molar-refractivity contribution is -0.256. The summed E-state index contributed by atoms with van der Waals surface area (Å²) in [5.74, 6) is -4.09. The van der Waals surface area contributed by atoms with Crippen LogP contribution in [0.5, 0.6) is 0 Å². The molecule has 0 saturated carbocycles. The second-order valence-corrected chi connectivity index (χ2v) is 8.69. The molecule has 1 aliphatic rings. The molecule has 11 heteroatoms. The van der Waals surface area contributed by atoms with Gasteiger partial charge in [-0.2, -0.15) is 5.10 Å². The predicted molar refractivity (Wildman–Crippen MR) is 128 cm³/mol. The molecule has 2 aromatic heterocycles. The highest BCUT2D eigenvalue weighted by atomic mass is 19.1. The van der Waals surface area contributed by atoms with Gasteiger partial charge in [0.15, 0.2) is 11.9 Å². The fourth-order valence-corrected chi connectivity index (χ4v) is 4.34. The fourth-order valence-electron chi connectivity index (χ4n) is 4.34. The Bertz CT molecular complexity index is 1450. The van der Waals surface area contributed by atoms with E-state index in [1.54, 1.807) is 48.5 Å². The highest BCUT2D eigenvalue weighted by molar-refractivity contribution is 5.90. The van der Waals surface area contributed by atoms with Gasteiger partial charge in [0.1, 0.15) is 30.2 Å². The summed E-state index contributed by atoms with van der Waals surface area (Å²) in [7, 11) is 0. The van der Waals surface area contributed by atoms with Crippen molar-refractivity contribution in [1.29, 1.82) is 0 Å². The number of nitrogen functional groups attached to an aromatic ring is 1. The molecule has 5 rings (SSSR count). The Kier molecular flexibility index (Phi) is 6.10. The molecule has 2 unspecified atom stereocenters. The molecule has 2 aromatic carbocycles. The summed E-state index contributed by atoms with van der Waals surface area (Å²) < 4.78 is 34.5. The predicted octanol–water partition coefficient (Wildman–Crippen LogP) is 2.67. The largest absolute Gasteiger partial charge is 0.459 e. The fraction of sp³-hybridized carbons (Fsp3) is 0.231. The second kappa shape index (κ2) is 9.26. The van der Waals surface area contributed by atoms with Crippen LogP contribution in [0.1, 0.15) is 33.3 Å². The second-order valence-electron chi connectivity index (χ2n) is 8.69. The van der Waals surface area contributed by atoms with E-state index in [1.165, 1.54) is 28.8 Å². The summed E-state index contributed by atoms with van der Waals surface area (Å²) in [4.78, 5) is 29.3. The first kappa shape index (κ1) is 24.3. The van der Waals surface area contributed by atoms with Crippen LogP contribution in [0.2, 0.25) is 0 Å². The molecule has 0 amide bonds. The van der Waals surface area contributed by atoms with Crippen LogP contribution in [-0.2, 0) is 20.0 Å². The maximum absolute atomic E-state index is 16.6. The highest BCUT2D eigenvalue weighted by Gasteiger charge is 2.68. The molecule has 1 saturated heterocycles. The minimum absolute atomic E-state index is 0.101. The average molecular weight is 506 g/mol. The molecule has 1 aliphatic heterocycles. The van der Waals surface area contributed by atoms with Crippen LogP contribution in [0.25, 0.3) is 5.52 Å². The van der Waals surface area contributed by atoms with Crippen LogP contribution >= 0.6 is 0 Å². The number of carbonyl (C=O) groups excluding carboxylic acids is 2. The first-order valence-corrected chi connectivity index (χ1v) is 11.4. The van der Waals surface area contributed by atoms with Crippen molar-refractivity contribution in [3.63, 3.8) is 0 Å². The molecule has 3 N–H and O–H groups in total. The van der Waals surface area contributed by atoms with E-state index >= 15 is 4.39 Å². The third-order valence-corrected chi connectivity index (χ3v) is 6.32. The van der Waals surface area contributed by atoms with Crippen molar-refractivity contribution >= 4 is 23.3 Å². The average Bonchev–Trinajstić information content (AvgIpc) is 3.43. The third kappa shape index (κ3) is 4.17. The van der Waals surface area contributed by atoms with E-state index in [9.17, 15) is 14.7 Å². The number of fused-ring (bicyclic) bond motifs is 1. The lowest BCUT2D eigenvalue weighted by Crippen LogP contribution is -2.51. The smallest absolute Gasteiger partial charge is 0.338 e. The molecular formula is C26H23FN4O6. The molecule has 3 heterocycles. The summed E-state index contributed by atoms with van der Waals surface area (Å²) in [6.45, 7) is 0.529. The van der Waals surface area contributed by atoms with E-state index in [-0.39, 0.29) is 22.6 Å². The van der Waals surface area contributed by atoms with Crippen molar-refractivity contribution in [1.82, 2.24) is 14.6 Å². The topological polar surface area (TPSA) is 138 Å². The van der Waals surface area contributed by atoms with E-state index in [2.05, 4.69) is 10.1 Å². The van der Waals surface area contributed by atoms with Gasteiger partial charge in [0, 0.05) is 0 Å². The summed E-state index contributed by atoms with van der Waals surface area (Å²) >= 11 is 0. The lowest BCUT2D eigenvalue weighted by atomic mass is 9.89. The van der Waals surface area contributed by atoms with E-state index in [4.69, 9.17) is 19.9 Å². The van der Waals surface area contributed by atoms with Crippen molar-refractivity contribution in [2.24, 2.45) is 0 Å². The third-order valence-electron chi connectivity index (χ3n) is 6.32. The normalized spacial score (nSPS) is 25.2. The van der Waals surface area contributed by atoms with Gasteiger partial charge in [0.05, 0.1) is 11.1 Å². The highest BCUT2D eigenvalue weighted by Crippen LogP contribution is 2.49. The molecule has 0 radical (unpaired) electrons. The first-order valence-electron chi connectivity index (χ1n) is 11.4. The number of nitrogens with two attached hydrogens (primary N) is 1. The van der Waals surface area contributed by atoms with Crippen molar-refractivity contribution in [2.45, 2.75) is 30.6 Å². The number of hydrogen-bond donors (Lipinski definition) is 2. The summed E-state index contributed by atoms with van der Waals surface area (Å²) in [5, 5.41) is 15.7. The molecule has 37 heavy (non-hydrogen) atoms. The van der Waals surface area contributed by atoms with E-state index < -0.39 is 42.2 Å². The van der Waals surface area contributed by atoms with Gasteiger partial charge in [-0.1, -0.05) is 36.4 Å². The number of ether oxygens (including phenoxy) is 3. The van der Waals surface area contributed by atoms with Gasteiger partial charge in [-0.3, -0.25) is 0 Å². The molecule has 10 nitrogen and oxygen atoms in total. The molecule has 0 bridgehead atoms. The number of esters is 2. The first-order chi connectivity index (χ1) is 17.7. The van der Waals surface area contributed by atoms with Crippen LogP contribution in [0.4, 0.5) is 10.2 Å². The van der Waals surface area contributed by atoms with Gasteiger partial charge < -0.3 is 25.1 Å². The minimum atomic E-state index is -2.71. The van der Waals surface area contributed by atoms with Gasteiger partial charge in [-0.15, -0.1) is 0 Å². The van der Waals surface area contributed by atoms with Gasteiger partial charge in [-0.05, 0) is 43.3 Å². The van der Waals surface area contributed by atoms with E-state index in [1.807, 2.05) is 0 Å². The summed E-state index contributed by atoms with van der Waals surface area (Å²) in [6, 6.07) is 19.0. The number of hydrogen-bond acceptors (Lipinski definition) is 9. The van der Waals surface area contributed by atoms with Crippen LogP contribution in [-0.4, -0.2) is 56.1 Å². The zero-order chi connectivity index (χ0) is 26.2. The molecule has 4 atom stereocenters. The SMILES string of the molecule is C[C@@]1(F)C(OC(=O)c2ccccc2)[C@@H](COC(=O)c2ccccc2)OC1(O)c1ccc2c(N)ncnn12. The number of carbonyl (C=O) groups is 2. The van der Waals surface area contributed by atoms with Crippen LogP contribution in [0.15, 0.2) is 79.1 Å². The summed E-state index contributed by atoms with van der Waals surface area (Å²) in [6.07, 6.45) is -1.89. The number of benzene rings is 2. The quantitative estimate of drug-likeness (QED) is 0.378. The van der Waals surface area contributed by atoms with Gasteiger partial charge in [-0.25, -0.2) is 23.5 Å². The maximum Gasteiger partial charge on any atom is 0.338 e. The van der Waals surface area contributed by atoms with E-state index in [0.29, 0.717) is 5.52 Å². The van der Waals surface area contributed by atoms with Crippen LogP contribution in [0, 0.1) is 0 Å². The number of nitrogens with zero attached hydrogens (tertiary/aromatic N) is 3. The Labute approximate surface area is 210 Å². The number of alkyl halides is 1. The Morgan fingerprint density at radius 2 is 1.68 bits per heavy atom. The number of aromatic nitrogens is 3. The van der Waals surface area contributed by atoms with Crippen molar-refractivity contribution < 1.29 is 33.3 Å². The number of anilines is 1. The molecular weight excluding hydrogens is 483 g/mol. The lowest BCUT2D eigenvalue weighted by Gasteiger charge is -2.32. The van der Waals surface area contributed by atoms with E-state index in [0.717, 1.165) is 13.3 Å². The Hall–Kier alpha value is -4.35. The van der Waals surface area contributed by atoms with Gasteiger partial charge in [0.2, 0.25) is 11.5 Å². The molecule has 0 aliphatic carbocycles. The van der Waals surface area contributed by atoms with Crippen molar-refractivity contribution in [2.75, 3.05) is 12.3 Å². The monoisotopic (exact) mass is 506 g/mol. The van der Waals surface area contributed by atoms with Crippen molar-refractivity contribution in [3.8, 4) is 0 Å². The number of rotatable bonds is 6. The van der Waals surface area contributed by atoms with Gasteiger partial charge in [0.25, 0.3) is 0 Å². The standard InChI is InChI=1S/C26H23FN4O6/c1-25(27)21(36-24(33)17-10-6-3-7-11-17)19(14-35-23(32)16-8-4-2-5-9-16)37-26(25,34)20-13-12-18-22(28)29-15-30-31(18)20/h2-13,15,19,21,34H,14H2,1H3,(H2,28,29,30)/t19-,21?,25-,26?/m1/s1. The Morgan fingerprint density at radius 1 is 1.05 bits per heavy atom. The maximum atomic E-state index is 16.6. The zero-order valence-corrected chi connectivity index (χ0v) is 19.7. The van der Waals surface area contributed by atoms with Crippen LogP contribution in [0.3, 0.4) is 0 Å². The van der Waals surface area contributed by atoms with Gasteiger partial charge >= 0.3 is 11.9 Å². The number of aliphatic hydroxyl groups is 1. The summed E-state index contributed by atoms with van der Waals surface area (Å²) in [5.41, 5.74) is 3.80. The van der Waals surface area contributed by atoms with Crippen LogP contribution < -0.4 is 5.73 Å². The molecule has 0 spiro atoms.